The molecule has 5 heteroatoms. The Morgan fingerprint density at radius 2 is 1.74 bits per heavy atom. The number of hydrogen-bond acceptors (Lipinski definition) is 3. The summed E-state index contributed by atoms with van der Waals surface area (Å²) in [7, 11) is 0. The number of primary amides is 1. The van der Waals surface area contributed by atoms with Gasteiger partial charge < -0.3 is 16.8 Å². The summed E-state index contributed by atoms with van der Waals surface area (Å²) in [5.74, 6) is -1.30. The molecule has 5 nitrogen and oxygen atoms in total. The second-order valence-corrected chi connectivity index (χ2v) is 4.99. The summed E-state index contributed by atoms with van der Waals surface area (Å²) in [6.45, 7) is 5.05. The van der Waals surface area contributed by atoms with E-state index in [1.165, 1.54) is 0 Å². The fraction of sp³-hybridized carbons (Fsp3) is 0.429. The first-order valence-electron chi connectivity index (χ1n) is 6.22. The van der Waals surface area contributed by atoms with Crippen LogP contribution in [0.15, 0.2) is 30.3 Å². The third kappa shape index (κ3) is 3.32. The van der Waals surface area contributed by atoms with Crippen molar-refractivity contribution in [3.8, 4) is 0 Å². The predicted octanol–water partition coefficient (Wildman–Crippen LogP) is 0.487. The fourth-order valence-electron chi connectivity index (χ4n) is 1.65. The molecule has 0 heterocycles. The highest BCUT2D eigenvalue weighted by Crippen LogP contribution is 2.21. The minimum absolute atomic E-state index is 0.292. The van der Waals surface area contributed by atoms with Gasteiger partial charge in [0.15, 0.2) is 0 Å². The van der Waals surface area contributed by atoms with Crippen molar-refractivity contribution in [3.05, 3.63) is 35.9 Å². The lowest BCUT2D eigenvalue weighted by Gasteiger charge is -2.30. The van der Waals surface area contributed by atoms with Crippen LogP contribution in [-0.2, 0) is 15.1 Å². The fourth-order valence-corrected chi connectivity index (χ4v) is 1.65. The van der Waals surface area contributed by atoms with Crippen molar-refractivity contribution in [2.24, 2.45) is 17.4 Å². The molecule has 3 atom stereocenters. The van der Waals surface area contributed by atoms with E-state index in [1.807, 2.05) is 6.07 Å². The van der Waals surface area contributed by atoms with Crippen LogP contribution in [0, 0.1) is 5.92 Å². The zero-order valence-corrected chi connectivity index (χ0v) is 11.5. The summed E-state index contributed by atoms with van der Waals surface area (Å²) in [5, 5.41) is 2.70. The molecule has 1 rings (SSSR count). The van der Waals surface area contributed by atoms with Crippen molar-refractivity contribution in [3.63, 3.8) is 0 Å². The molecule has 0 saturated carbocycles. The van der Waals surface area contributed by atoms with Gasteiger partial charge in [-0.05, 0) is 19.4 Å². The Bertz CT molecular complexity index is 459. The average Bonchev–Trinajstić information content (AvgIpc) is 2.38. The molecule has 0 aliphatic rings. The van der Waals surface area contributed by atoms with E-state index < -0.39 is 17.4 Å². The molecule has 3 unspecified atom stereocenters. The van der Waals surface area contributed by atoms with Crippen LogP contribution in [0.5, 0.6) is 0 Å². The number of hydrogen-bond donors (Lipinski definition) is 3. The van der Waals surface area contributed by atoms with Gasteiger partial charge in [0.1, 0.15) is 5.54 Å². The molecule has 0 aliphatic carbocycles. The molecule has 5 N–H and O–H groups in total. The molecule has 1 aromatic rings. The van der Waals surface area contributed by atoms with E-state index in [1.54, 1.807) is 45.0 Å². The molecular weight excluding hydrogens is 242 g/mol. The topological polar surface area (TPSA) is 98.2 Å². The smallest absolute Gasteiger partial charge is 0.247 e. The molecule has 0 saturated heterocycles. The van der Waals surface area contributed by atoms with Gasteiger partial charge >= 0.3 is 0 Å². The van der Waals surface area contributed by atoms with E-state index >= 15 is 0 Å². The molecule has 104 valence electrons. The summed E-state index contributed by atoms with van der Waals surface area (Å²) in [6.07, 6.45) is 0. The van der Waals surface area contributed by atoms with Crippen LogP contribution < -0.4 is 16.8 Å². The van der Waals surface area contributed by atoms with Gasteiger partial charge in [-0.25, -0.2) is 0 Å². The van der Waals surface area contributed by atoms with Gasteiger partial charge in [0, 0.05) is 12.0 Å². The monoisotopic (exact) mass is 263 g/mol. The molecule has 1 aromatic carbocycles. The lowest BCUT2D eigenvalue weighted by molar-refractivity contribution is -0.133. The molecule has 0 spiro atoms. The Hall–Kier alpha value is -1.88. The lowest BCUT2D eigenvalue weighted by Crippen LogP contribution is -2.55. The maximum atomic E-state index is 12.1. The van der Waals surface area contributed by atoms with Crippen LogP contribution in [0.1, 0.15) is 26.3 Å². The zero-order valence-electron chi connectivity index (χ0n) is 11.5. The summed E-state index contributed by atoms with van der Waals surface area (Å²) in [6, 6.07) is 8.61. The summed E-state index contributed by atoms with van der Waals surface area (Å²) >= 11 is 0. The largest absolute Gasteiger partial charge is 0.367 e. The third-order valence-corrected chi connectivity index (χ3v) is 3.42. The van der Waals surface area contributed by atoms with Gasteiger partial charge in [0.2, 0.25) is 11.8 Å². The first kappa shape index (κ1) is 15.2. The van der Waals surface area contributed by atoms with Crippen LogP contribution >= 0.6 is 0 Å². The molecule has 0 aliphatic heterocycles. The van der Waals surface area contributed by atoms with Gasteiger partial charge in [0.25, 0.3) is 0 Å². The molecule has 0 radical (unpaired) electrons. The van der Waals surface area contributed by atoms with Crippen molar-refractivity contribution in [1.29, 1.82) is 0 Å². The van der Waals surface area contributed by atoms with Gasteiger partial charge in [-0.3, -0.25) is 9.59 Å². The lowest BCUT2D eigenvalue weighted by atomic mass is 9.90. The molecule has 2 amide bonds. The van der Waals surface area contributed by atoms with Crippen LogP contribution in [-0.4, -0.2) is 17.9 Å². The van der Waals surface area contributed by atoms with Gasteiger partial charge in [-0.1, -0.05) is 37.3 Å². The highest BCUT2D eigenvalue weighted by atomic mass is 16.2. The van der Waals surface area contributed by atoms with Crippen molar-refractivity contribution >= 4 is 11.8 Å². The van der Waals surface area contributed by atoms with E-state index in [9.17, 15) is 9.59 Å². The van der Waals surface area contributed by atoms with Crippen molar-refractivity contribution in [1.82, 2.24) is 5.32 Å². The van der Waals surface area contributed by atoms with Gasteiger partial charge in [0.05, 0.1) is 0 Å². The Balaban J connectivity index is 3.03. The van der Waals surface area contributed by atoms with E-state index in [0.717, 1.165) is 0 Å². The number of carbonyl (C=O) groups is 2. The minimum Gasteiger partial charge on any atom is -0.367 e. The molecule has 19 heavy (non-hydrogen) atoms. The predicted molar refractivity (Wildman–Crippen MR) is 73.9 cm³/mol. The van der Waals surface area contributed by atoms with Crippen molar-refractivity contribution < 1.29 is 9.59 Å². The SMILES string of the molecule is CC(N)C(C)C(=O)NC(C)(C(N)=O)c1ccccc1. The molecule has 0 aromatic heterocycles. The van der Waals surface area contributed by atoms with Crippen LogP contribution in [0.4, 0.5) is 0 Å². The molecule has 0 fully saturated rings. The highest BCUT2D eigenvalue weighted by Gasteiger charge is 2.36. The number of nitrogens with two attached hydrogens (primary N) is 2. The number of nitrogens with one attached hydrogen (secondary N) is 1. The number of benzene rings is 1. The molecule has 0 bridgehead atoms. The summed E-state index contributed by atoms with van der Waals surface area (Å²) < 4.78 is 0. The quantitative estimate of drug-likeness (QED) is 0.721. The maximum Gasteiger partial charge on any atom is 0.247 e. The third-order valence-electron chi connectivity index (χ3n) is 3.42. The normalized spacial score (nSPS) is 17.1. The van der Waals surface area contributed by atoms with Gasteiger partial charge in [-0.15, -0.1) is 0 Å². The average molecular weight is 263 g/mol. The van der Waals surface area contributed by atoms with Crippen LogP contribution in [0.25, 0.3) is 0 Å². The van der Waals surface area contributed by atoms with E-state index in [2.05, 4.69) is 5.32 Å². The second kappa shape index (κ2) is 5.84. The Morgan fingerprint density at radius 3 is 2.16 bits per heavy atom. The van der Waals surface area contributed by atoms with Crippen molar-refractivity contribution in [2.45, 2.75) is 32.4 Å². The van der Waals surface area contributed by atoms with E-state index in [0.29, 0.717) is 5.56 Å². The first-order valence-corrected chi connectivity index (χ1v) is 6.22. The number of rotatable bonds is 5. The number of amides is 2. The van der Waals surface area contributed by atoms with Crippen LogP contribution in [0.3, 0.4) is 0 Å². The summed E-state index contributed by atoms with van der Waals surface area (Å²) in [4.78, 5) is 23.8. The van der Waals surface area contributed by atoms with Crippen molar-refractivity contribution in [2.75, 3.05) is 0 Å². The minimum atomic E-state index is -1.23. The van der Waals surface area contributed by atoms with Crippen LogP contribution in [0.2, 0.25) is 0 Å². The van der Waals surface area contributed by atoms with Gasteiger partial charge in [-0.2, -0.15) is 0 Å². The second-order valence-electron chi connectivity index (χ2n) is 4.99. The Kier molecular flexibility index (Phi) is 4.67. The van der Waals surface area contributed by atoms with E-state index in [4.69, 9.17) is 11.5 Å². The first-order chi connectivity index (χ1) is 8.79. The molecular formula is C14H21N3O2. The number of carbonyl (C=O) groups excluding carboxylic acids is 2. The Labute approximate surface area is 113 Å². The summed E-state index contributed by atoms with van der Waals surface area (Å²) in [5.41, 5.74) is 10.5. The Morgan fingerprint density at radius 1 is 1.21 bits per heavy atom. The van der Waals surface area contributed by atoms with E-state index in [-0.39, 0.29) is 11.9 Å². The highest BCUT2D eigenvalue weighted by molar-refractivity contribution is 5.91. The maximum absolute atomic E-state index is 12.1. The zero-order chi connectivity index (χ0) is 14.6. The standard InChI is InChI=1S/C14H21N3O2/c1-9(10(2)15)12(18)17-14(3,13(16)19)11-7-5-4-6-8-11/h4-10H,15H2,1-3H3,(H2,16,19)(H,17,18).